The minimum atomic E-state index is -0.228. The Labute approximate surface area is 539 Å². The van der Waals surface area contributed by atoms with Gasteiger partial charge in [0.05, 0.1) is 0 Å². The summed E-state index contributed by atoms with van der Waals surface area (Å²) in [6, 6.07) is 0.681. The van der Waals surface area contributed by atoms with Gasteiger partial charge in [-0.25, -0.2) is 0 Å². The van der Waals surface area contributed by atoms with Gasteiger partial charge in [0.1, 0.15) is 0 Å². The molecule has 464 valence electrons. The topological polar surface area (TPSA) is 179 Å². The molecular formula is C72H112N4O6Ti2. The van der Waals surface area contributed by atoms with Crippen LogP contribution in [0.15, 0.2) is 140 Å². The average molecular weight is 1230 g/mol. The standard InChI is InChI=1S/2C36H54N2O2.2H2O.2Ti/c2*1-33(2,3)25-17-23(31(39)27(19-25)35(7,8)9)21-37-29-15-13-14-16-30(29)38-22-24-18-26(34(4,5)6)20-28(32(24)40)36(10,11)12;;;;/h2*17-22,29-30,37-38H,13-16H2,1-12H3;2*1H2;;/b2*23-21-,24-22-;;;;/t2*29-,30-;;;;/m00..../s1. The maximum atomic E-state index is 13.5. The third-order valence-corrected chi connectivity index (χ3v) is 16.5. The van der Waals surface area contributed by atoms with Crippen LogP contribution < -0.4 is 21.3 Å². The van der Waals surface area contributed by atoms with Crippen molar-refractivity contribution >= 4 is 23.1 Å². The van der Waals surface area contributed by atoms with Gasteiger partial charge in [0, 0.05) is 137 Å². The van der Waals surface area contributed by atoms with Gasteiger partial charge in [-0.2, -0.15) is 0 Å². The first kappa shape index (κ1) is 78.1. The Hall–Kier alpha value is -3.89. The largest absolute Gasteiger partial charge is 0.412 e. The first-order chi connectivity index (χ1) is 36.4. The summed E-state index contributed by atoms with van der Waals surface area (Å²) < 4.78 is 0. The molecule has 6 aliphatic carbocycles. The van der Waals surface area contributed by atoms with E-state index in [9.17, 15) is 19.2 Å². The van der Waals surface area contributed by atoms with E-state index in [1.165, 1.54) is 22.3 Å². The average Bonchev–Trinajstić information content (AvgIpc) is 3.30. The van der Waals surface area contributed by atoms with E-state index in [4.69, 9.17) is 0 Å². The zero-order chi connectivity index (χ0) is 60.5. The van der Waals surface area contributed by atoms with Gasteiger partial charge in [0.2, 0.25) is 0 Å². The summed E-state index contributed by atoms with van der Waals surface area (Å²) in [5.41, 5.74) is 9.90. The van der Waals surface area contributed by atoms with E-state index in [1.54, 1.807) is 0 Å². The SMILES string of the molecule is CC(C)(C)C1=C/C(=C/N[C@H]2CCCC[C@@H]2N/C=C2/C=C(C(C)(C)C)C=C(C(C)(C)C)C2=O)C(=O)C(C(C)(C)C)=C1.CC(C)(C)C1=C/C(=C/N[C@H]2CCCC[C@@H]2N/C=C2/C=C(C(C)(C)C)C=C(C(C)(C)C)C2=O)C(=O)C(C(C)(C)C)=C1.O.O.[Ti].[Ti]. The molecule has 84 heavy (non-hydrogen) atoms. The molecule has 2 fully saturated rings. The van der Waals surface area contributed by atoms with Crippen LogP contribution in [0.25, 0.3) is 0 Å². The molecule has 0 unspecified atom stereocenters. The van der Waals surface area contributed by atoms with Crippen LogP contribution in [0, 0.1) is 43.3 Å². The Kier molecular flexibility index (Phi) is 27.3. The number of nitrogens with one attached hydrogen (secondary N) is 4. The van der Waals surface area contributed by atoms with Crippen LogP contribution in [0.2, 0.25) is 0 Å². The fraction of sp³-hybridized carbons (Fsp3) is 0.611. The fourth-order valence-corrected chi connectivity index (χ4v) is 10.8. The number of hydrogen-bond donors (Lipinski definition) is 4. The van der Waals surface area contributed by atoms with E-state index in [0.717, 1.165) is 96.0 Å². The van der Waals surface area contributed by atoms with E-state index < -0.39 is 0 Å². The minimum absolute atomic E-state index is 0. The van der Waals surface area contributed by atoms with Crippen LogP contribution in [0.5, 0.6) is 0 Å². The third-order valence-electron chi connectivity index (χ3n) is 16.5. The van der Waals surface area contributed by atoms with Crippen LogP contribution in [-0.4, -0.2) is 58.3 Å². The molecule has 2 saturated carbocycles. The van der Waals surface area contributed by atoms with E-state index in [2.05, 4.69) is 236 Å². The summed E-state index contributed by atoms with van der Waals surface area (Å²) in [7, 11) is 0. The van der Waals surface area contributed by atoms with Crippen LogP contribution >= 0.6 is 0 Å². The maximum Gasteiger partial charge on any atom is 0.191 e. The van der Waals surface area contributed by atoms with Crippen LogP contribution in [0.1, 0.15) is 218 Å². The van der Waals surface area contributed by atoms with Gasteiger partial charge >= 0.3 is 0 Å². The van der Waals surface area contributed by atoms with Gasteiger partial charge in [-0.3, -0.25) is 19.2 Å². The second-order valence-electron chi connectivity index (χ2n) is 32.0. The molecule has 0 heterocycles. The Morgan fingerprint density at radius 1 is 0.286 bits per heavy atom. The summed E-state index contributed by atoms with van der Waals surface area (Å²) in [5.74, 6) is 0.406. The van der Waals surface area contributed by atoms with E-state index in [-0.39, 0.29) is 145 Å². The molecule has 4 atom stereocenters. The van der Waals surface area contributed by atoms with Gasteiger partial charge in [0.15, 0.2) is 23.1 Å². The van der Waals surface area contributed by atoms with Crippen molar-refractivity contribution in [1.29, 1.82) is 0 Å². The number of Topliss-reactive ketones (excluding diaryl/α,β-unsaturated/α-hetero) is 4. The Morgan fingerprint density at radius 3 is 0.571 bits per heavy atom. The predicted molar refractivity (Wildman–Crippen MR) is 345 cm³/mol. The van der Waals surface area contributed by atoms with Gasteiger partial charge in [0.25, 0.3) is 0 Å². The Morgan fingerprint density at radius 2 is 0.440 bits per heavy atom. The second-order valence-corrected chi connectivity index (χ2v) is 32.0. The van der Waals surface area contributed by atoms with Gasteiger partial charge in [-0.1, -0.05) is 216 Å². The normalized spacial score (nSPS) is 24.2. The van der Waals surface area contributed by atoms with Crippen molar-refractivity contribution < 1.29 is 73.6 Å². The number of hydrogen-bond acceptors (Lipinski definition) is 8. The number of carbonyl (C=O) groups is 4. The second kappa shape index (κ2) is 29.4. The molecule has 0 aromatic rings. The summed E-state index contributed by atoms with van der Waals surface area (Å²) in [5, 5.41) is 14.5. The molecule has 6 rings (SSSR count). The first-order valence-electron chi connectivity index (χ1n) is 30.2. The van der Waals surface area contributed by atoms with Crippen molar-refractivity contribution in [2.75, 3.05) is 0 Å². The van der Waals surface area contributed by atoms with E-state index >= 15 is 0 Å². The van der Waals surface area contributed by atoms with Crippen molar-refractivity contribution in [2.45, 2.75) is 242 Å². The molecule has 0 amide bonds. The number of carbonyl (C=O) groups excluding carboxylic acids is 4. The quantitative estimate of drug-likeness (QED) is 0.137. The molecule has 0 aliphatic heterocycles. The van der Waals surface area contributed by atoms with Crippen LogP contribution in [0.4, 0.5) is 0 Å². The predicted octanol–water partition coefficient (Wildman–Crippen LogP) is 14.9. The monoisotopic (exact) mass is 1220 g/mol. The number of rotatable bonds is 8. The van der Waals surface area contributed by atoms with E-state index in [1.807, 2.05) is 24.8 Å². The number of ketones is 4. The van der Waals surface area contributed by atoms with Gasteiger partial charge in [-0.15, -0.1) is 0 Å². The van der Waals surface area contributed by atoms with Crippen molar-refractivity contribution in [1.82, 2.24) is 21.3 Å². The van der Waals surface area contributed by atoms with Crippen molar-refractivity contribution in [3.05, 3.63) is 140 Å². The number of allylic oxidation sites excluding steroid dienone is 20. The summed E-state index contributed by atoms with van der Waals surface area (Å²) >= 11 is 0. The maximum absolute atomic E-state index is 13.5. The Bertz CT molecular complexity index is 2430. The van der Waals surface area contributed by atoms with Crippen LogP contribution in [0.3, 0.4) is 0 Å². The van der Waals surface area contributed by atoms with Crippen LogP contribution in [-0.2, 0) is 62.6 Å². The van der Waals surface area contributed by atoms with Crippen molar-refractivity contribution in [3.63, 3.8) is 0 Å². The fourth-order valence-electron chi connectivity index (χ4n) is 10.8. The Balaban J connectivity index is 0.000000802. The molecule has 0 radical (unpaired) electrons. The van der Waals surface area contributed by atoms with Crippen molar-refractivity contribution in [2.24, 2.45) is 43.3 Å². The first-order valence-corrected chi connectivity index (χ1v) is 30.2. The molecule has 6 aliphatic rings. The summed E-state index contributed by atoms with van der Waals surface area (Å²) in [4.78, 5) is 54.0. The van der Waals surface area contributed by atoms with Crippen molar-refractivity contribution in [3.8, 4) is 0 Å². The zero-order valence-electron chi connectivity index (χ0n) is 56.5. The van der Waals surface area contributed by atoms with Gasteiger partial charge < -0.3 is 32.2 Å². The molecule has 0 aromatic carbocycles. The minimum Gasteiger partial charge on any atom is -0.412 e. The molecule has 12 heteroatoms. The molecule has 0 aromatic heterocycles. The summed E-state index contributed by atoms with van der Waals surface area (Å²) in [6.45, 7) is 51.6. The molecule has 8 N–H and O–H groups in total. The zero-order valence-corrected chi connectivity index (χ0v) is 59.7. The van der Waals surface area contributed by atoms with E-state index in [0.29, 0.717) is 0 Å². The third kappa shape index (κ3) is 20.6. The molecular weight excluding hydrogens is 1110 g/mol. The molecule has 0 spiro atoms. The molecule has 0 bridgehead atoms. The summed E-state index contributed by atoms with van der Waals surface area (Å²) in [6.07, 6.45) is 33.0. The molecule has 10 nitrogen and oxygen atoms in total. The van der Waals surface area contributed by atoms with Gasteiger partial charge in [-0.05, 0) is 116 Å². The molecule has 0 saturated heterocycles. The smallest absolute Gasteiger partial charge is 0.191 e.